The molecule has 3 aromatic rings. The minimum Gasteiger partial charge on any atom is -0.486 e. The first-order chi connectivity index (χ1) is 14.3. The van der Waals surface area contributed by atoms with Crippen LogP contribution in [0.1, 0.15) is 35.7 Å². The summed E-state index contributed by atoms with van der Waals surface area (Å²) in [5.74, 6) is 0.213. The van der Waals surface area contributed by atoms with Crippen molar-refractivity contribution in [2.24, 2.45) is 0 Å². The average molecular weight is 447 g/mol. The monoisotopic (exact) mass is 446 g/mol. The zero-order chi connectivity index (χ0) is 21.7. The number of hydrazine groups is 1. The van der Waals surface area contributed by atoms with Gasteiger partial charge in [-0.15, -0.1) is 0 Å². The number of halogens is 2. The van der Waals surface area contributed by atoms with Gasteiger partial charge in [-0.1, -0.05) is 47.5 Å². The van der Waals surface area contributed by atoms with Crippen LogP contribution in [0.5, 0.6) is 5.75 Å². The fraction of sp³-hybridized carbons (Fsp3) is 0.182. The first kappa shape index (κ1) is 21.7. The zero-order valence-corrected chi connectivity index (χ0v) is 17.9. The van der Waals surface area contributed by atoms with Crippen LogP contribution in [0.2, 0.25) is 10.0 Å². The maximum atomic E-state index is 12.6. The van der Waals surface area contributed by atoms with Crippen LogP contribution in [0.4, 0.5) is 0 Å². The maximum Gasteiger partial charge on any atom is 0.305 e. The number of hydrogen-bond acceptors (Lipinski definition) is 4. The van der Waals surface area contributed by atoms with E-state index in [9.17, 15) is 9.59 Å². The molecule has 0 saturated heterocycles. The fourth-order valence-corrected chi connectivity index (χ4v) is 2.89. The van der Waals surface area contributed by atoms with Crippen molar-refractivity contribution in [3.05, 3.63) is 87.8 Å². The van der Waals surface area contributed by atoms with Crippen molar-refractivity contribution in [2.45, 2.75) is 25.9 Å². The van der Waals surface area contributed by atoms with Crippen LogP contribution in [0.25, 0.3) is 0 Å². The topological polar surface area (TPSA) is 80.6 Å². The van der Waals surface area contributed by atoms with E-state index in [1.807, 2.05) is 30.3 Å². The molecule has 2 amide bonds. The minimum atomic E-state index is -0.959. The third-order valence-electron chi connectivity index (χ3n) is 4.51. The standard InChI is InChI=1S/C22H20Cl2N2O4/c1-22(2,14-8-10-17(23)18(24)12-14)21(28)26-25-20(27)19-11-9-16(30-19)13-29-15-6-4-3-5-7-15/h3-12H,13H2,1-2H3,(H,25,27)(H,26,28). The van der Waals surface area contributed by atoms with Gasteiger partial charge in [0, 0.05) is 0 Å². The van der Waals surface area contributed by atoms with Crippen LogP contribution in [0.15, 0.2) is 65.1 Å². The molecular weight excluding hydrogens is 427 g/mol. The quantitative estimate of drug-likeness (QED) is 0.527. The second-order valence-electron chi connectivity index (χ2n) is 7.03. The van der Waals surface area contributed by atoms with E-state index in [2.05, 4.69) is 10.9 Å². The van der Waals surface area contributed by atoms with Crippen LogP contribution in [-0.2, 0) is 16.8 Å². The molecular formula is C22H20Cl2N2O4. The number of furan rings is 1. The van der Waals surface area contributed by atoms with Gasteiger partial charge in [0.2, 0.25) is 5.91 Å². The van der Waals surface area contributed by atoms with Crippen molar-refractivity contribution in [2.75, 3.05) is 0 Å². The summed E-state index contributed by atoms with van der Waals surface area (Å²) in [6, 6.07) is 17.3. The molecule has 0 radical (unpaired) electrons. The molecule has 1 heterocycles. The lowest BCUT2D eigenvalue weighted by Crippen LogP contribution is -2.49. The fourth-order valence-electron chi connectivity index (χ4n) is 2.60. The molecule has 30 heavy (non-hydrogen) atoms. The molecule has 0 atom stereocenters. The highest BCUT2D eigenvalue weighted by Gasteiger charge is 2.31. The van der Waals surface area contributed by atoms with Crippen LogP contribution >= 0.6 is 23.2 Å². The van der Waals surface area contributed by atoms with Crippen molar-refractivity contribution in [3.8, 4) is 5.75 Å². The average Bonchev–Trinajstić information content (AvgIpc) is 3.22. The summed E-state index contributed by atoms with van der Waals surface area (Å²) in [6.45, 7) is 3.59. The summed E-state index contributed by atoms with van der Waals surface area (Å²) in [7, 11) is 0. The highest BCUT2D eigenvalue weighted by atomic mass is 35.5. The van der Waals surface area contributed by atoms with E-state index in [0.717, 1.165) is 0 Å². The Balaban J connectivity index is 1.56. The van der Waals surface area contributed by atoms with Gasteiger partial charge in [-0.25, -0.2) is 0 Å². The number of hydrogen-bond donors (Lipinski definition) is 2. The van der Waals surface area contributed by atoms with Gasteiger partial charge in [0.25, 0.3) is 0 Å². The first-order valence-electron chi connectivity index (χ1n) is 9.10. The van der Waals surface area contributed by atoms with Gasteiger partial charge in [-0.3, -0.25) is 20.4 Å². The molecule has 0 unspecified atom stereocenters. The Morgan fingerprint density at radius 2 is 1.70 bits per heavy atom. The lowest BCUT2D eigenvalue weighted by atomic mass is 9.84. The van der Waals surface area contributed by atoms with Gasteiger partial charge in [0.15, 0.2) is 5.76 Å². The highest BCUT2D eigenvalue weighted by Crippen LogP contribution is 2.30. The molecule has 0 spiro atoms. The van der Waals surface area contributed by atoms with Gasteiger partial charge < -0.3 is 9.15 Å². The van der Waals surface area contributed by atoms with Gasteiger partial charge in [0.05, 0.1) is 15.5 Å². The summed E-state index contributed by atoms with van der Waals surface area (Å²) < 4.78 is 11.1. The van der Waals surface area contributed by atoms with Gasteiger partial charge in [-0.2, -0.15) is 0 Å². The second-order valence-corrected chi connectivity index (χ2v) is 7.84. The lowest BCUT2D eigenvalue weighted by molar-refractivity contribution is -0.126. The Bertz CT molecular complexity index is 1050. The third-order valence-corrected chi connectivity index (χ3v) is 5.25. The maximum absolute atomic E-state index is 12.6. The van der Waals surface area contributed by atoms with E-state index >= 15 is 0 Å². The number of carbonyl (C=O) groups excluding carboxylic acids is 2. The molecule has 2 N–H and O–H groups in total. The Morgan fingerprint density at radius 1 is 0.967 bits per heavy atom. The molecule has 6 nitrogen and oxygen atoms in total. The smallest absolute Gasteiger partial charge is 0.305 e. The Labute approximate surface area is 184 Å². The molecule has 0 saturated carbocycles. The third kappa shape index (κ3) is 5.14. The van der Waals surface area contributed by atoms with Gasteiger partial charge in [-0.05, 0) is 55.8 Å². The number of ether oxygens (including phenoxy) is 1. The Morgan fingerprint density at radius 3 is 2.40 bits per heavy atom. The van der Waals surface area contributed by atoms with Gasteiger partial charge in [0.1, 0.15) is 18.1 Å². The van der Waals surface area contributed by atoms with Crippen molar-refractivity contribution in [3.63, 3.8) is 0 Å². The van der Waals surface area contributed by atoms with Crippen LogP contribution in [0.3, 0.4) is 0 Å². The van der Waals surface area contributed by atoms with Crippen molar-refractivity contribution in [1.82, 2.24) is 10.9 Å². The SMILES string of the molecule is CC(C)(C(=O)NNC(=O)c1ccc(COc2ccccc2)o1)c1ccc(Cl)c(Cl)c1. The molecule has 1 aromatic heterocycles. The molecule has 0 bridgehead atoms. The number of amides is 2. The summed E-state index contributed by atoms with van der Waals surface area (Å²) in [5, 5.41) is 0.745. The lowest BCUT2D eigenvalue weighted by Gasteiger charge is -2.24. The van der Waals surface area contributed by atoms with E-state index in [0.29, 0.717) is 27.1 Å². The van der Waals surface area contributed by atoms with Crippen LogP contribution in [0, 0.1) is 0 Å². The second kappa shape index (κ2) is 9.24. The number of carbonyl (C=O) groups is 2. The van der Waals surface area contributed by atoms with E-state index in [1.54, 1.807) is 38.1 Å². The van der Waals surface area contributed by atoms with E-state index in [-0.39, 0.29) is 12.4 Å². The largest absolute Gasteiger partial charge is 0.486 e. The first-order valence-corrected chi connectivity index (χ1v) is 9.86. The molecule has 156 valence electrons. The molecule has 2 aromatic carbocycles. The summed E-state index contributed by atoms with van der Waals surface area (Å²) in [4.78, 5) is 24.9. The zero-order valence-electron chi connectivity index (χ0n) is 16.4. The van der Waals surface area contributed by atoms with E-state index in [4.69, 9.17) is 32.4 Å². The van der Waals surface area contributed by atoms with E-state index in [1.165, 1.54) is 6.07 Å². The Kier molecular flexibility index (Phi) is 6.70. The number of benzene rings is 2. The summed E-state index contributed by atoms with van der Waals surface area (Å²) in [6.07, 6.45) is 0. The van der Waals surface area contributed by atoms with Crippen molar-refractivity contribution < 1.29 is 18.7 Å². The molecule has 0 aliphatic heterocycles. The number of rotatable bonds is 6. The predicted octanol–water partition coefficient (Wildman–Crippen LogP) is 4.90. The normalized spacial score (nSPS) is 11.1. The number of nitrogens with one attached hydrogen (secondary N) is 2. The molecule has 0 fully saturated rings. The molecule has 8 heteroatoms. The summed E-state index contributed by atoms with van der Waals surface area (Å²) >= 11 is 12.0. The van der Waals surface area contributed by atoms with Crippen LogP contribution in [-0.4, -0.2) is 11.8 Å². The van der Waals surface area contributed by atoms with Crippen molar-refractivity contribution >= 4 is 35.0 Å². The van der Waals surface area contributed by atoms with Crippen molar-refractivity contribution in [1.29, 1.82) is 0 Å². The molecule has 0 aliphatic rings. The molecule has 3 rings (SSSR count). The predicted molar refractivity (Wildman–Crippen MR) is 115 cm³/mol. The minimum absolute atomic E-state index is 0.0503. The van der Waals surface area contributed by atoms with Gasteiger partial charge >= 0.3 is 5.91 Å². The molecule has 0 aliphatic carbocycles. The van der Waals surface area contributed by atoms with E-state index < -0.39 is 17.2 Å². The summed E-state index contributed by atoms with van der Waals surface area (Å²) in [5.41, 5.74) is 4.47. The number of para-hydroxylation sites is 1. The van der Waals surface area contributed by atoms with Crippen LogP contribution < -0.4 is 15.6 Å². The highest BCUT2D eigenvalue weighted by molar-refractivity contribution is 6.42. The Hall–Kier alpha value is -2.96.